The van der Waals surface area contributed by atoms with Gasteiger partial charge >= 0.3 is 0 Å². The maximum atomic E-state index is 12.4. The lowest BCUT2D eigenvalue weighted by atomic mass is 10.1. The lowest BCUT2D eigenvalue weighted by molar-refractivity contribution is 0.0722. The number of pyridine rings is 1. The van der Waals surface area contributed by atoms with Crippen molar-refractivity contribution in [1.29, 1.82) is 0 Å². The van der Waals surface area contributed by atoms with E-state index in [-0.39, 0.29) is 11.8 Å². The minimum atomic E-state index is -0.317. The second kappa shape index (κ2) is 7.83. The maximum Gasteiger partial charge on any atom is 0.265 e. The van der Waals surface area contributed by atoms with Crippen LogP contribution in [-0.4, -0.2) is 28.8 Å². The van der Waals surface area contributed by atoms with Gasteiger partial charge in [0, 0.05) is 23.2 Å². The van der Waals surface area contributed by atoms with Crippen LogP contribution in [0.1, 0.15) is 40.1 Å². The maximum absolute atomic E-state index is 12.4. The van der Waals surface area contributed by atoms with Crippen LogP contribution < -0.4 is 4.74 Å². The lowest BCUT2D eigenvalue weighted by Gasteiger charge is -2.08. The predicted molar refractivity (Wildman–Crippen MR) is 106 cm³/mol. The minimum absolute atomic E-state index is 0.317. The zero-order chi connectivity index (χ0) is 19.4. The monoisotopic (exact) mass is 360 g/mol. The number of imide groups is 1. The van der Waals surface area contributed by atoms with Crippen LogP contribution in [0.25, 0.3) is 17.0 Å². The molecule has 1 aliphatic heterocycles. The molecule has 0 aliphatic carbocycles. The SMILES string of the molecule is CC.COc1ccc2cccc(/C=C/N3C(=O)c4ccccc4C3=O)c2n1. The first-order valence-corrected chi connectivity index (χ1v) is 8.78. The Hall–Kier alpha value is -3.47. The van der Waals surface area contributed by atoms with Crippen LogP contribution in [-0.2, 0) is 0 Å². The summed E-state index contributed by atoms with van der Waals surface area (Å²) in [4.78, 5) is 30.4. The molecule has 0 atom stereocenters. The quantitative estimate of drug-likeness (QED) is 0.644. The van der Waals surface area contributed by atoms with Crippen molar-refractivity contribution in [3.63, 3.8) is 0 Å². The highest BCUT2D eigenvalue weighted by Crippen LogP contribution is 2.25. The highest BCUT2D eigenvalue weighted by Gasteiger charge is 2.33. The minimum Gasteiger partial charge on any atom is -0.481 e. The molecule has 1 aromatic heterocycles. The molecule has 3 aromatic rings. The Balaban J connectivity index is 0.00000102. The number of hydrogen-bond donors (Lipinski definition) is 0. The second-order valence-electron chi connectivity index (χ2n) is 5.61. The highest BCUT2D eigenvalue weighted by atomic mass is 16.5. The van der Waals surface area contributed by atoms with Crippen LogP contribution in [0, 0.1) is 0 Å². The largest absolute Gasteiger partial charge is 0.481 e. The Labute approximate surface area is 157 Å². The number of fused-ring (bicyclic) bond motifs is 2. The van der Waals surface area contributed by atoms with Gasteiger partial charge in [0.25, 0.3) is 11.8 Å². The van der Waals surface area contributed by atoms with Gasteiger partial charge in [-0.3, -0.25) is 9.59 Å². The standard InChI is InChI=1S/C20H14N2O3.C2H6/c1-25-17-10-9-13-5-4-6-14(18(13)21-17)11-12-22-19(23)15-7-2-3-8-16(15)20(22)24;1-2/h2-12H,1H3;1-2H3/b12-11+;. The van der Waals surface area contributed by atoms with E-state index in [4.69, 9.17) is 4.74 Å². The predicted octanol–water partition coefficient (Wildman–Crippen LogP) is 4.54. The zero-order valence-electron chi connectivity index (χ0n) is 15.5. The highest BCUT2D eigenvalue weighted by molar-refractivity contribution is 6.22. The summed E-state index contributed by atoms with van der Waals surface area (Å²) in [5.41, 5.74) is 2.40. The fourth-order valence-corrected chi connectivity index (χ4v) is 2.90. The van der Waals surface area contributed by atoms with Crippen molar-refractivity contribution in [2.45, 2.75) is 13.8 Å². The van der Waals surface area contributed by atoms with Crippen LogP contribution in [0.5, 0.6) is 5.88 Å². The fourth-order valence-electron chi connectivity index (χ4n) is 2.90. The van der Waals surface area contributed by atoms with E-state index in [1.165, 1.54) is 6.20 Å². The topological polar surface area (TPSA) is 59.5 Å². The third-order valence-electron chi connectivity index (χ3n) is 4.16. The molecule has 5 heteroatoms. The van der Waals surface area contributed by atoms with Crippen molar-refractivity contribution in [3.8, 4) is 5.88 Å². The van der Waals surface area contributed by atoms with E-state index in [0.717, 1.165) is 21.4 Å². The Morgan fingerprint density at radius 2 is 1.56 bits per heavy atom. The molecule has 0 unspecified atom stereocenters. The molecule has 4 rings (SSSR count). The van der Waals surface area contributed by atoms with Gasteiger partial charge in [0.2, 0.25) is 5.88 Å². The second-order valence-corrected chi connectivity index (χ2v) is 5.61. The summed E-state index contributed by atoms with van der Waals surface area (Å²) in [5, 5.41) is 0.949. The molecule has 2 aromatic carbocycles. The van der Waals surface area contributed by atoms with Gasteiger partial charge in [-0.15, -0.1) is 0 Å². The molecule has 2 heterocycles. The summed E-state index contributed by atoms with van der Waals surface area (Å²) in [6, 6.07) is 16.3. The average molecular weight is 360 g/mol. The summed E-state index contributed by atoms with van der Waals surface area (Å²) in [6.07, 6.45) is 3.22. The number of carbonyl (C=O) groups is 2. The number of rotatable bonds is 3. The van der Waals surface area contributed by atoms with Crippen molar-refractivity contribution in [2.24, 2.45) is 0 Å². The molecule has 27 heavy (non-hydrogen) atoms. The lowest BCUT2D eigenvalue weighted by Crippen LogP contribution is -2.23. The Bertz CT molecular complexity index is 1010. The van der Waals surface area contributed by atoms with Crippen molar-refractivity contribution < 1.29 is 14.3 Å². The van der Waals surface area contributed by atoms with E-state index >= 15 is 0 Å². The number of methoxy groups -OCH3 is 1. The molecular formula is C22H20N2O3. The number of nitrogens with zero attached hydrogens (tertiary/aromatic N) is 2. The Morgan fingerprint density at radius 1 is 0.889 bits per heavy atom. The van der Waals surface area contributed by atoms with Crippen LogP contribution >= 0.6 is 0 Å². The van der Waals surface area contributed by atoms with Crippen molar-refractivity contribution in [3.05, 3.63) is 77.5 Å². The molecular weight excluding hydrogens is 340 g/mol. The van der Waals surface area contributed by atoms with E-state index < -0.39 is 0 Å². The van der Waals surface area contributed by atoms with Gasteiger partial charge in [0.15, 0.2) is 0 Å². The van der Waals surface area contributed by atoms with Crippen LogP contribution in [0.3, 0.4) is 0 Å². The van der Waals surface area contributed by atoms with Crippen molar-refractivity contribution >= 4 is 28.8 Å². The number of ether oxygens (including phenoxy) is 1. The number of carbonyl (C=O) groups excluding carboxylic acids is 2. The average Bonchev–Trinajstić information content (AvgIpc) is 2.98. The first-order valence-electron chi connectivity index (χ1n) is 8.78. The summed E-state index contributed by atoms with van der Waals surface area (Å²) in [7, 11) is 1.56. The third kappa shape index (κ3) is 3.31. The molecule has 0 fully saturated rings. The summed E-state index contributed by atoms with van der Waals surface area (Å²) in [6.45, 7) is 4.00. The molecule has 1 aliphatic rings. The molecule has 136 valence electrons. The smallest absolute Gasteiger partial charge is 0.265 e. The van der Waals surface area contributed by atoms with Crippen molar-refractivity contribution in [2.75, 3.05) is 7.11 Å². The van der Waals surface area contributed by atoms with Gasteiger partial charge in [-0.2, -0.15) is 0 Å². The van der Waals surface area contributed by atoms with E-state index in [1.807, 2.05) is 38.1 Å². The molecule has 0 saturated carbocycles. The van der Waals surface area contributed by atoms with E-state index in [0.29, 0.717) is 17.0 Å². The molecule has 0 bridgehead atoms. The van der Waals surface area contributed by atoms with Gasteiger partial charge < -0.3 is 4.74 Å². The van der Waals surface area contributed by atoms with Crippen LogP contribution in [0.2, 0.25) is 0 Å². The molecule has 0 saturated heterocycles. The normalized spacial score (nSPS) is 12.9. The molecule has 0 radical (unpaired) electrons. The zero-order valence-corrected chi connectivity index (χ0v) is 15.5. The van der Waals surface area contributed by atoms with Gasteiger partial charge in [-0.1, -0.05) is 44.2 Å². The number of amides is 2. The van der Waals surface area contributed by atoms with Crippen LogP contribution in [0.4, 0.5) is 0 Å². The number of aromatic nitrogens is 1. The number of para-hydroxylation sites is 1. The van der Waals surface area contributed by atoms with E-state index in [1.54, 1.807) is 43.5 Å². The van der Waals surface area contributed by atoms with Gasteiger partial charge in [0.1, 0.15) is 0 Å². The molecule has 2 amide bonds. The fraction of sp³-hybridized carbons (Fsp3) is 0.136. The molecule has 0 N–H and O–H groups in total. The first kappa shape index (κ1) is 18.3. The van der Waals surface area contributed by atoms with E-state index in [2.05, 4.69) is 4.98 Å². The summed E-state index contributed by atoms with van der Waals surface area (Å²) < 4.78 is 5.18. The Morgan fingerprint density at radius 3 is 2.19 bits per heavy atom. The van der Waals surface area contributed by atoms with Gasteiger partial charge in [-0.25, -0.2) is 9.88 Å². The third-order valence-corrected chi connectivity index (χ3v) is 4.16. The number of hydrogen-bond acceptors (Lipinski definition) is 4. The number of benzene rings is 2. The first-order chi connectivity index (χ1) is 13.2. The Kier molecular flexibility index (Phi) is 5.31. The van der Waals surface area contributed by atoms with Crippen molar-refractivity contribution in [1.82, 2.24) is 9.88 Å². The molecule has 5 nitrogen and oxygen atoms in total. The summed E-state index contributed by atoms with van der Waals surface area (Å²) >= 11 is 0. The van der Waals surface area contributed by atoms with E-state index in [9.17, 15) is 9.59 Å². The summed E-state index contributed by atoms with van der Waals surface area (Å²) in [5.74, 6) is -0.126. The molecule has 0 spiro atoms. The van der Waals surface area contributed by atoms with Gasteiger partial charge in [0.05, 0.1) is 23.8 Å². The van der Waals surface area contributed by atoms with Crippen LogP contribution in [0.15, 0.2) is 60.8 Å². The van der Waals surface area contributed by atoms with Gasteiger partial charge in [-0.05, 0) is 24.3 Å².